The van der Waals surface area contributed by atoms with E-state index in [-0.39, 0.29) is 18.1 Å². The molecule has 1 rings (SSSR count). The number of aliphatic hydroxyl groups is 1. The van der Waals surface area contributed by atoms with Gasteiger partial charge in [0.2, 0.25) is 0 Å². The summed E-state index contributed by atoms with van der Waals surface area (Å²) in [7, 11) is 0. The number of nitrogens with one attached hydrogen (secondary N) is 2. The molecule has 0 heterocycles. The number of ether oxygens (including phenoxy) is 1. The van der Waals surface area contributed by atoms with E-state index in [1.165, 1.54) is 0 Å². The maximum Gasteiger partial charge on any atom is 0.314 e. The van der Waals surface area contributed by atoms with Gasteiger partial charge < -0.3 is 20.5 Å². The number of aryl methyl sites for hydroxylation is 1. The van der Waals surface area contributed by atoms with Gasteiger partial charge in [-0.2, -0.15) is 0 Å². The standard InChI is InChI=1S/C16H26N2O3/c1-12-5-4-6-15(10-12)21-8-7-17-16(20)18-11-13(2)9-14(3)19/h4-6,10,13-14,19H,7-9,11H2,1-3H3,(H2,17,18,20). The highest BCUT2D eigenvalue weighted by atomic mass is 16.5. The Hall–Kier alpha value is -1.75. The monoisotopic (exact) mass is 294 g/mol. The Morgan fingerprint density at radius 1 is 1.33 bits per heavy atom. The van der Waals surface area contributed by atoms with Gasteiger partial charge in [-0.15, -0.1) is 0 Å². The fraction of sp³-hybridized carbons (Fsp3) is 0.562. The van der Waals surface area contributed by atoms with Crippen molar-refractivity contribution in [1.29, 1.82) is 0 Å². The number of urea groups is 1. The van der Waals surface area contributed by atoms with Gasteiger partial charge in [0.1, 0.15) is 12.4 Å². The van der Waals surface area contributed by atoms with Crippen molar-refractivity contribution in [2.24, 2.45) is 5.92 Å². The van der Waals surface area contributed by atoms with E-state index in [4.69, 9.17) is 4.74 Å². The second-order valence-corrected chi connectivity index (χ2v) is 5.49. The van der Waals surface area contributed by atoms with Gasteiger partial charge in [0, 0.05) is 6.54 Å². The smallest absolute Gasteiger partial charge is 0.314 e. The third-order valence-corrected chi connectivity index (χ3v) is 3.00. The minimum absolute atomic E-state index is 0.208. The Labute approximate surface area is 126 Å². The van der Waals surface area contributed by atoms with Crippen molar-refractivity contribution in [2.75, 3.05) is 19.7 Å². The lowest BCUT2D eigenvalue weighted by molar-refractivity contribution is 0.163. The maximum absolute atomic E-state index is 11.6. The van der Waals surface area contributed by atoms with E-state index in [9.17, 15) is 9.90 Å². The van der Waals surface area contributed by atoms with Crippen LogP contribution in [-0.4, -0.2) is 36.9 Å². The molecule has 0 aliphatic heterocycles. The van der Waals surface area contributed by atoms with Crippen LogP contribution < -0.4 is 15.4 Å². The summed E-state index contributed by atoms with van der Waals surface area (Å²) in [5.74, 6) is 1.06. The summed E-state index contributed by atoms with van der Waals surface area (Å²) in [6, 6.07) is 7.59. The van der Waals surface area contributed by atoms with Crippen LogP contribution >= 0.6 is 0 Å². The van der Waals surface area contributed by atoms with Gasteiger partial charge in [0.15, 0.2) is 0 Å². The van der Waals surface area contributed by atoms with Crippen LogP contribution in [0.4, 0.5) is 4.79 Å². The largest absolute Gasteiger partial charge is 0.492 e. The topological polar surface area (TPSA) is 70.6 Å². The number of rotatable bonds is 8. The van der Waals surface area contributed by atoms with Crippen LogP contribution in [-0.2, 0) is 0 Å². The highest BCUT2D eigenvalue weighted by Gasteiger charge is 2.07. The second-order valence-electron chi connectivity index (χ2n) is 5.49. The first-order valence-corrected chi connectivity index (χ1v) is 7.36. The summed E-state index contributed by atoms with van der Waals surface area (Å²) in [4.78, 5) is 11.6. The summed E-state index contributed by atoms with van der Waals surface area (Å²) in [5.41, 5.74) is 1.14. The van der Waals surface area contributed by atoms with E-state index in [1.807, 2.05) is 38.1 Å². The van der Waals surface area contributed by atoms with Crippen molar-refractivity contribution in [3.05, 3.63) is 29.8 Å². The molecule has 0 spiro atoms. The Bertz CT molecular complexity index is 435. The van der Waals surface area contributed by atoms with E-state index in [0.29, 0.717) is 26.1 Å². The lowest BCUT2D eigenvalue weighted by atomic mass is 10.1. The maximum atomic E-state index is 11.6. The van der Waals surface area contributed by atoms with Crippen LogP contribution in [0.5, 0.6) is 5.75 Å². The van der Waals surface area contributed by atoms with Gasteiger partial charge in [-0.1, -0.05) is 19.1 Å². The van der Waals surface area contributed by atoms with E-state index in [0.717, 1.165) is 11.3 Å². The quantitative estimate of drug-likeness (QED) is 0.643. The molecule has 1 aromatic rings. The molecule has 0 aliphatic carbocycles. The first-order chi connectivity index (χ1) is 9.97. The fourth-order valence-corrected chi connectivity index (χ4v) is 2.03. The van der Waals surface area contributed by atoms with Crippen molar-refractivity contribution in [3.63, 3.8) is 0 Å². The average Bonchev–Trinajstić information content (AvgIpc) is 2.41. The van der Waals surface area contributed by atoms with E-state index < -0.39 is 0 Å². The molecule has 2 unspecified atom stereocenters. The molecular weight excluding hydrogens is 268 g/mol. The highest BCUT2D eigenvalue weighted by Crippen LogP contribution is 2.11. The lowest BCUT2D eigenvalue weighted by Crippen LogP contribution is -2.39. The predicted molar refractivity (Wildman–Crippen MR) is 83.5 cm³/mol. The molecule has 0 radical (unpaired) electrons. The summed E-state index contributed by atoms with van der Waals surface area (Å²) in [6.45, 7) is 7.18. The number of carbonyl (C=O) groups excluding carboxylic acids is 1. The summed E-state index contributed by atoms with van der Waals surface area (Å²) in [5, 5.41) is 14.8. The summed E-state index contributed by atoms with van der Waals surface area (Å²) >= 11 is 0. The predicted octanol–water partition coefficient (Wildman–Crippen LogP) is 2.08. The first kappa shape index (κ1) is 17.3. The Morgan fingerprint density at radius 3 is 2.76 bits per heavy atom. The molecule has 1 aromatic carbocycles. The Morgan fingerprint density at radius 2 is 2.10 bits per heavy atom. The van der Waals surface area contributed by atoms with E-state index >= 15 is 0 Å². The van der Waals surface area contributed by atoms with Crippen LogP contribution in [0.25, 0.3) is 0 Å². The zero-order valence-electron chi connectivity index (χ0n) is 13.1. The molecule has 0 bridgehead atoms. The van der Waals surface area contributed by atoms with Crippen molar-refractivity contribution < 1.29 is 14.6 Å². The molecule has 2 atom stereocenters. The minimum atomic E-state index is -0.340. The molecule has 2 amide bonds. The van der Waals surface area contributed by atoms with Gasteiger partial charge >= 0.3 is 6.03 Å². The van der Waals surface area contributed by atoms with E-state index in [2.05, 4.69) is 10.6 Å². The van der Waals surface area contributed by atoms with Crippen LogP contribution in [0, 0.1) is 12.8 Å². The molecule has 0 aromatic heterocycles. The average molecular weight is 294 g/mol. The van der Waals surface area contributed by atoms with Crippen LogP contribution in [0.3, 0.4) is 0 Å². The van der Waals surface area contributed by atoms with E-state index in [1.54, 1.807) is 6.92 Å². The summed E-state index contributed by atoms with van der Waals surface area (Å²) < 4.78 is 5.54. The molecule has 21 heavy (non-hydrogen) atoms. The normalized spacial score (nSPS) is 13.3. The molecule has 5 heteroatoms. The highest BCUT2D eigenvalue weighted by molar-refractivity contribution is 5.73. The number of hydrogen-bond acceptors (Lipinski definition) is 3. The van der Waals surface area contributed by atoms with Gasteiger partial charge in [-0.05, 0) is 43.9 Å². The Kier molecular flexibility index (Phi) is 7.61. The van der Waals surface area contributed by atoms with Crippen LogP contribution in [0.2, 0.25) is 0 Å². The van der Waals surface area contributed by atoms with Crippen molar-refractivity contribution in [3.8, 4) is 5.75 Å². The fourth-order valence-electron chi connectivity index (χ4n) is 2.03. The molecule has 0 fully saturated rings. The minimum Gasteiger partial charge on any atom is -0.492 e. The van der Waals surface area contributed by atoms with Crippen molar-refractivity contribution in [2.45, 2.75) is 33.3 Å². The third-order valence-electron chi connectivity index (χ3n) is 3.00. The van der Waals surface area contributed by atoms with Gasteiger partial charge in [0.05, 0.1) is 12.6 Å². The zero-order chi connectivity index (χ0) is 15.7. The second kappa shape index (κ2) is 9.23. The summed E-state index contributed by atoms with van der Waals surface area (Å²) in [6.07, 6.45) is 0.337. The van der Waals surface area contributed by atoms with Crippen molar-refractivity contribution >= 4 is 6.03 Å². The number of hydrogen-bond donors (Lipinski definition) is 3. The van der Waals surface area contributed by atoms with Gasteiger partial charge in [-0.3, -0.25) is 0 Å². The number of aliphatic hydroxyl groups excluding tert-OH is 1. The third kappa shape index (κ3) is 8.19. The lowest BCUT2D eigenvalue weighted by Gasteiger charge is -2.14. The van der Waals surface area contributed by atoms with Crippen LogP contribution in [0.1, 0.15) is 25.8 Å². The molecule has 0 saturated heterocycles. The number of benzene rings is 1. The van der Waals surface area contributed by atoms with Crippen molar-refractivity contribution in [1.82, 2.24) is 10.6 Å². The SMILES string of the molecule is Cc1cccc(OCCNC(=O)NCC(C)CC(C)O)c1. The number of carbonyl (C=O) groups is 1. The Balaban J connectivity index is 2.11. The molecule has 0 saturated carbocycles. The first-order valence-electron chi connectivity index (χ1n) is 7.36. The molecular formula is C16H26N2O3. The number of amides is 2. The molecule has 5 nitrogen and oxygen atoms in total. The molecule has 3 N–H and O–H groups in total. The van der Waals surface area contributed by atoms with Crippen LogP contribution in [0.15, 0.2) is 24.3 Å². The molecule has 0 aliphatic rings. The van der Waals surface area contributed by atoms with Gasteiger partial charge in [0.25, 0.3) is 0 Å². The molecule has 118 valence electrons. The zero-order valence-corrected chi connectivity index (χ0v) is 13.1. The van der Waals surface area contributed by atoms with Gasteiger partial charge in [-0.25, -0.2) is 4.79 Å².